The molecule has 0 aliphatic heterocycles. The SMILES string of the molecule is CCOc1ccc(C[NH+](C)Cn2nc(C(F)(F)F)n(C)c2=S)cc1OC. The topological polar surface area (TPSA) is 45.7 Å². The highest BCUT2D eigenvalue weighted by atomic mass is 32.1. The van der Waals surface area contributed by atoms with Crippen LogP contribution in [-0.4, -0.2) is 35.1 Å². The Balaban J connectivity index is 2.14. The van der Waals surface area contributed by atoms with E-state index in [1.54, 1.807) is 7.11 Å². The zero-order chi connectivity index (χ0) is 19.5. The first-order valence-corrected chi connectivity index (χ1v) is 8.40. The van der Waals surface area contributed by atoms with Gasteiger partial charge in [-0.05, 0) is 37.3 Å². The molecule has 1 aromatic heterocycles. The molecule has 6 nitrogen and oxygen atoms in total. The molecular formula is C16H22F3N4O2S+. The molecule has 0 amide bonds. The van der Waals surface area contributed by atoms with Gasteiger partial charge in [-0.1, -0.05) is 0 Å². The van der Waals surface area contributed by atoms with E-state index >= 15 is 0 Å². The highest BCUT2D eigenvalue weighted by molar-refractivity contribution is 7.71. The highest BCUT2D eigenvalue weighted by Crippen LogP contribution is 2.28. The summed E-state index contributed by atoms with van der Waals surface area (Å²) < 4.78 is 51.7. The Morgan fingerprint density at radius 3 is 2.50 bits per heavy atom. The van der Waals surface area contributed by atoms with E-state index in [-0.39, 0.29) is 11.4 Å². The molecule has 0 saturated carbocycles. The second-order valence-electron chi connectivity index (χ2n) is 5.87. The summed E-state index contributed by atoms with van der Waals surface area (Å²) in [5.41, 5.74) is 0.960. The van der Waals surface area contributed by atoms with Crippen LogP contribution < -0.4 is 14.4 Å². The summed E-state index contributed by atoms with van der Waals surface area (Å²) in [6, 6.07) is 5.57. The van der Waals surface area contributed by atoms with Crippen LogP contribution in [-0.2, 0) is 26.4 Å². The molecular weight excluding hydrogens is 369 g/mol. The molecule has 144 valence electrons. The fourth-order valence-electron chi connectivity index (χ4n) is 2.59. The Morgan fingerprint density at radius 2 is 1.96 bits per heavy atom. The van der Waals surface area contributed by atoms with E-state index in [0.717, 1.165) is 15.0 Å². The summed E-state index contributed by atoms with van der Waals surface area (Å²) in [6.45, 7) is 3.18. The lowest BCUT2D eigenvalue weighted by Gasteiger charge is -2.15. The third-order valence-electron chi connectivity index (χ3n) is 3.75. The smallest absolute Gasteiger partial charge is 0.451 e. The van der Waals surface area contributed by atoms with Gasteiger partial charge in [0.15, 0.2) is 18.2 Å². The van der Waals surface area contributed by atoms with Crippen LogP contribution in [0.5, 0.6) is 11.5 Å². The molecule has 2 rings (SSSR count). The van der Waals surface area contributed by atoms with Crippen LogP contribution >= 0.6 is 12.2 Å². The molecule has 0 spiro atoms. The Labute approximate surface area is 154 Å². The summed E-state index contributed by atoms with van der Waals surface area (Å²) in [5, 5.41) is 3.62. The molecule has 0 saturated heterocycles. The lowest BCUT2D eigenvalue weighted by molar-refractivity contribution is -0.917. The first-order valence-electron chi connectivity index (χ1n) is 7.99. The fraction of sp³-hybridized carbons (Fsp3) is 0.500. The summed E-state index contributed by atoms with van der Waals surface area (Å²) in [4.78, 5) is 0.916. The van der Waals surface area contributed by atoms with E-state index in [1.165, 1.54) is 11.7 Å². The number of hydrogen-bond donors (Lipinski definition) is 1. The van der Waals surface area contributed by atoms with Crippen molar-refractivity contribution in [2.75, 3.05) is 20.8 Å². The van der Waals surface area contributed by atoms with Crippen molar-refractivity contribution in [1.29, 1.82) is 0 Å². The van der Waals surface area contributed by atoms with Crippen LogP contribution in [0.4, 0.5) is 13.2 Å². The van der Waals surface area contributed by atoms with E-state index in [0.29, 0.717) is 24.7 Å². The Bertz CT molecular complexity index is 817. The zero-order valence-electron chi connectivity index (χ0n) is 15.1. The third kappa shape index (κ3) is 4.55. The predicted octanol–water partition coefficient (Wildman–Crippen LogP) is 2.05. The fourth-order valence-corrected chi connectivity index (χ4v) is 2.79. The highest BCUT2D eigenvalue weighted by Gasteiger charge is 2.37. The first-order chi connectivity index (χ1) is 12.2. The van der Waals surface area contributed by atoms with Gasteiger partial charge < -0.3 is 14.4 Å². The second kappa shape index (κ2) is 8.09. The number of nitrogens with zero attached hydrogens (tertiary/aromatic N) is 3. The standard InChI is InChI=1S/C16H21F3N4O2S/c1-5-25-12-7-6-11(8-13(12)24-4)9-21(2)10-23-15(26)22(3)14(20-23)16(17,18)19/h6-8H,5,9-10H2,1-4H3/p+1. The average molecular weight is 391 g/mol. The molecule has 0 bridgehead atoms. The summed E-state index contributed by atoms with van der Waals surface area (Å²) in [6.07, 6.45) is -4.54. The van der Waals surface area contributed by atoms with Crippen LogP contribution in [0.1, 0.15) is 18.3 Å². The second-order valence-corrected chi connectivity index (χ2v) is 6.24. The number of alkyl halides is 3. The molecule has 1 N–H and O–H groups in total. The maximum atomic E-state index is 12.9. The number of halogens is 3. The molecule has 26 heavy (non-hydrogen) atoms. The molecule has 1 aromatic carbocycles. The van der Waals surface area contributed by atoms with Crippen molar-refractivity contribution in [1.82, 2.24) is 14.3 Å². The van der Waals surface area contributed by atoms with Crippen molar-refractivity contribution < 1.29 is 27.5 Å². The van der Waals surface area contributed by atoms with Gasteiger partial charge in [-0.15, -0.1) is 5.10 Å². The lowest BCUT2D eigenvalue weighted by atomic mass is 10.2. The molecule has 0 aliphatic rings. The number of hydrogen-bond acceptors (Lipinski definition) is 4. The number of aromatic nitrogens is 3. The molecule has 2 aromatic rings. The van der Waals surface area contributed by atoms with Crippen molar-refractivity contribution >= 4 is 12.2 Å². The maximum Gasteiger partial charge on any atom is 0.451 e. The average Bonchev–Trinajstić information content (AvgIpc) is 2.84. The number of nitrogens with one attached hydrogen (secondary N) is 1. The number of methoxy groups -OCH3 is 1. The lowest BCUT2D eigenvalue weighted by Crippen LogP contribution is -3.07. The number of rotatable bonds is 7. The van der Waals surface area contributed by atoms with E-state index in [1.807, 2.05) is 32.2 Å². The first kappa shape index (κ1) is 20.2. The maximum absolute atomic E-state index is 12.9. The van der Waals surface area contributed by atoms with Crippen molar-refractivity contribution in [3.63, 3.8) is 0 Å². The number of benzene rings is 1. The van der Waals surface area contributed by atoms with Gasteiger partial charge in [0.1, 0.15) is 6.54 Å². The molecule has 0 aliphatic carbocycles. The minimum atomic E-state index is -4.54. The predicted molar refractivity (Wildman–Crippen MR) is 91.8 cm³/mol. The number of ether oxygens (including phenoxy) is 2. The summed E-state index contributed by atoms with van der Waals surface area (Å²) in [7, 11) is 4.68. The Morgan fingerprint density at radius 1 is 1.27 bits per heavy atom. The molecule has 1 atom stereocenters. The largest absolute Gasteiger partial charge is 0.493 e. The monoisotopic (exact) mass is 391 g/mol. The van der Waals surface area contributed by atoms with Crippen LogP contribution in [0.3, 0.4) is 0 Å². The molecule has 0 radical (unpaired) electrons. The van der Waals surface area contributed by atoms with Gasteiger partial charge in [-0.3, -0.25) is 4.57 Å². The quantitative estimate of drug-likeness (QED) is 0.734. The summed E-state index contributed by atoms with van der Waals surface area (Å²) >= 11 is 5.07. The number of quaternary nitrogens is 1. The van der Waals surface area contributed by atoms with Crippen LogP contribution in [0, 0.1) is 4.77 Å². The van der Waals surface area contributed by atoms with E-state index in [2.05, 4.69) is 5.10 Å². The molecule has 0 fully saturated rings. The third-order valence-corrected chi connectivity index (χ3v) is 4.23. The van der Waals surface area contributed by atoms with Crippen LogP contribution in [0.2, 0.25) is 0 Å². The molecule has 1 unspecified atom stereocenters. The van der Waals surface area contributed by atoms with Gasteiger partial charge in [0.25, 0.3) is 0 Å². The molecule has 10 heteroatoms. The minimum Gasteiger partial charge on any atom is -0.493 e. The van der Waals surface area contributed by atoms with Crippen molar-refractivity contribution in [2.45, 2.75) is 26.3 Å². The van der Waals surface area contributed by atoms with Crippen molar-refractivity contribution in [3.05, 3.63) is 34.4 Å². The van der Waals surface area contributed by atoms with E-state index < -0.39 is 12.0 Å². The van der Waals surface area contributed by atoms with Gasteiger partial charge >= 0.3 is 6.18 Å². The normalized spacial score (nSPS) is 12.9. The van der Waals surface area contributed by atoms with Gasteiger partial charge in [0.2, 0.25) is 10.6 Å². The van der Waals surface area contributed by atoms with E-state index in [4.69, 9.17) is 21.7 Å². The zero-order valence-corrected chi connectivity index (χ0v) is 15.9. The van der Waals surface area contributed by atoms with Crippen molar-refractivity contribution in [2.24, 2.45) is 7.05 Å². The van der Waals surface area contributed by atoms with Gasteiger partial charge in [0, 0.05) is 12.6 Å². The van der Waals surface area contributed by atoms with Gasteiger partial charge in [-0.2, -0.15) is 17.9 Å². The van der Waals surface area contributed by atoms with Crippen LogP contribution in [0.15, 0.2) is 18.2 Å². The van der Waals surface area contributed by atoms with Crippen molar-refractivity contribution in [3.8, 4) is 11.5 Å². The van der Waals surface area contributed by atoms with Gasteiger partial charge in [-0.25, -0.2) is 0 Å². The van der Waals surface area contributed by atoms with Crippen LogP contribution in [0.25, 0.3) is 0 Å². The van der Waals surface area contributed by atoms with Gasteiger partial charge in [0.05, 0.1) is 20.8 Å². The molecule has 1 heterocycles. The minimum absolute atomic E-state index is 0.0287. The Hall–Kier alpha value is -2.07. The Kier molecular flexibility index (Phi) is 6.30. The summed E-state index contributed by atoms with van der Waals surface area (Å²) in [5.74, 6) is 0.266. The van der Waals surface area contributed by atoms with E-state index in [9.17, 15) is 13.2 Å².